The topological polar surface area (TPSA) is 79.5 Å². The summed E-state index contributed by atoms with van der Waals surface area (Å²) >= 11 is 0. The zero-order chi connectivity index (χ0) is 20.3. The highest BCUT2D eigenvalue weighted by Crippen LogP contribution is 2.22. The van der Waals surface area contributed by atoms with Crippen molar-refractivity contribution in [3.05, 3.63) is 58.2 Å². The molecule has 27 heavy (non-hydrogen) atoms. The molecule has 0 bridgehead atoms. The second-order valence-corrected chi connectivity index (χ2v) is 6.31. The minimum absolute atomic E-state index is 0.227. The molecule has 6 nitrogen and oxygen atoms in total. The summed E-state index contributed by atoms with van der Waals surface area (Å²) in [7, 11) is 1.51. The monoisotopic (exact) mass is 374 g/mol. The Hall–Kier alpha value is -2.96. The van der Waals surface area contributed by atoms with Crippen molar-refractivity contribution in [2.45, 2.75) is 33.7 Å². The maximum Gasteiger partial charge on any atom is 0.355 e. The van der Waals surface area contributed by atoms with Gasteiger partial charge in [0.05, 0.1) is 12.6 Å². The van der Waals surface area contributed by atoms with E-state index in [-0.39, 0.29) is 23.6 Å². The molecule has 0 aliphatic carbocycles. The third-order valence-electron chi connectivity index (χ3n) is 4.54. The molecule has 1 N–H and O–H groups in total. The third kappa shape index (κ3) is 4.07. The molecule has 7 heteroatoms. The number of H-pyrrole nitrogens is 1. The van der Waals surface area contributed by atoms with Gasteiger partial charge in [-0.15, -0.1) is 0 Å². The number of hydrogen-bond acceptors (Lipinski definition) is 4. The van der Waals surface area contributed by atoms with Crippen LogP contribution in [0.3, 0.4) is 0 Å². The lowest BCUT2D eigenvalue weighted by Crippen LogP contribution is -2.40. The van der Waals surface area contributed by atoms with Crippen molar-refractivity contribution < 1.29 is 23.5 Å². The van der Waals surface area contributed by atoms with E-state index in [1.807, 2.05) is 0 Å². The Morgan fingerprint density at radius 3 is 2.33 bits per heavy atom. The highest BCUT2D eigenvalue weighted by Gasteiger charge is 2.29. The molecule has 2 aromatic rings. The summed E-state index contributed by atoms with van der Waals surface area (Å²) in [5, 5.41) is 0. The van der Waals surface area contributed by atoms with E-state index in [0.29, 0.717) is 16.8 Å². The molecule has 1 aromatic heterocycles. The number of ketones is 1. The van der Waals surface area contributed by atoms with Gasteiger partial charge in [-0.3, -0.25) is 9.59 Å². The van der Waals surface area contributed by atoms with Crippen LogP contribution < -0.4 is 0 Å². The van der Waals surface area contributed by atoms with Crippen LogP contribution in [0, 0.1) is 19.7 Å². The number of carbonyl (C=O) groups is 3. The molecule has 0 aliphatic rings. The Morgan fingerprint density at radius 1 is 1.19 bits per heavy atom. The number of aryl methyl sites for hydroxylation is 1. The van der Waals surface area contributed by atoms with Gasteiger partial charge in [-0.25, -0.2) is 9.18 Å². The minimum Gasteiger partial charge on any atom is -0.461 e. The van der Waals surface area contributed by atoms with Crippen LogP contribution in [0.2, 0.25) is 0 Å². The molecule has 2 rings (SSSR count). The number of aromatic amines is 1. The second kappa shape index (κ2) is 8.16. The smallest absolute Gasteiger partial charge is 0.355 e. The molecule has 0 saturated carbocycles. The van der Waals surface area contributed by atoms with E-state index >= 15 is 0 Å². The molecule has 0 radical (unpaired) electrons. The van der Waals surface area contributed by atoms with E-state index in [4.69, 9.17) is 4.74 Å². The van der Waals surface area contributed by atoms with Crippen LogP contribution in [-0.4, -0.2) is 47.2 Å². The molecular formula is C20H23FN2O4. The number of carbonyl (C=O) groups excluding carboxylic acids is 3. The number of nitrogens with one attached hydrogen (secondary N) is 1. The first-order chi connectivity index (χ1) is 12.7. The second-order valence-electron chi connectivity index (χ2n) is 6.31. The molecule has 0 saturated heterocycles. The minimum atomic E-state index is -0.772. The van der Waals surface area contributed by atoms with Gasteiger partial charge in [-0.1, -0.05) is 0 Å². The number of ether oxygens (including phenoxy) is 1. The van der Waals surface area contributed by atoms with Gasteiger partial charge >= 0.3 is 5.97 Å². The number of Topliss-reactive ketones (excluding diaryl/α,β-unsaturated/α-hetero) is 1. The first-order valence-electron chi connectivity index (χ1n) is 8.62. The summed E-state index contributed by atoms with van der Waals surface area (Å²) in [6.07, 6.45) is 0. The standard InChI is InChI=1S/C20H23FN2O4/c1-6-27-20(26)17-11(2)16(12(3)22-17)18(24)13(4)23(5)19(25)14-7-9-15(21)10-8-14/h7-10,13,22H,6H2,1-5H3/t13-/m0/s1. The molecule has 0 spiro atoms. The largest absolute Gasteiger partial charge is 0.461 e. The van der Waals surface area contributed by atoms with Crippen molar-refractivity contribution >= 4 is 17.7 Å². The van der Waals surface area contributed by atoms with Gasteiger partial charge in [0.2, 0.25) is 0 Å². The number of aromatic nitrogens is 1. The van der Waals surface area contributed by atoms with Crippen molar-refractivity contribution in [1.82, 2.24) is 9.88 Å². The van der Waals surface area contributed by atoms with E-state index < -0.39 is 23.7 Å². The number of benzene rings is 1. The Bertz CT molecular complexity index is 871. The molecule has 1 aromatic carbocycles. The summed E-state index contributed by atoms with van der Waals surface area (Å²) in [5.74, 6) is -1.66. The number of likely N-dealkylation sites (N-methyl/N-ethyl adjacent to an activating group) is 1. The van der Waals surface area contributed by atoms with Crippen molar-refractivity contribution in [1.29, 1.82) is 0 Å². The molecule has 0 unspecified atom stereocenters. The van der Waals surface area contributed by atoms with Crippen molar-refractivity contribution in [3.63, 3.8) is 0 Å². The fraction of sp³-hybridized carbons (Fsp3) is 0.350. The normalized spacial score (nSPS) is 11.8. The molecule has 144 valence electrons. The van der Waals surface area contributed by atoms with Gasteiger partial charge in [0.15, 0.2) is 5.78 Å². The van der Waals surface area contributed by atoms with Crippen LogP contribution in [0.1, 0.15) is 56.3 Å². The van der Waals surface area contributed by atoms with Gasteiger partial charge in [0.25, 0.3) is 5.91 Å². The van der Waals surface area contributed by atoms with Crippen LogP contribution in [0.15, 0.2) is 24.3 Å². The van der Waals surface area contributed by atoms with Gasteiger partial charge < -0.3 is 14.6 Å². The summed E-state index contributed by atoms with van der Waals surface area (Å²) in [6.45, 7) is 6.90. The number of nitrogens with zero attached hydrogens (tertiary/aromatic N) is 1. The Morgan fingerprint density at radius 2 is 1.78 bits per heavy atom. The van der Waals surface area contributed by atoms with Gasteiger partial charge in [-0.05, 0) is 57.5 Å². The van der Waals surface area contributed by atoms with E-state index in [9.17, 15) is 18.8 Å². The predicted molar refractivity (Wildman–Crippen MR) is 98.5 cm³/mol. The lowest BCUT2D eigenvalue weighted by atomic mass is 9.99. The van der Waals surface area contributed by atoms with Crippen LogP contribution in [0.4, 0.5) is 4.39 Å². The van der Waals surface area contributed by atoms with E-state index in [1.54, 1.807) is 27.7 Å². The Kier molecular flexibility index (Phi) is 6.15. The molecular weight excluding hydrogens is 351 g/mol. The molecule has 0 fully saturated rings. The molecule has 1 heterocycles. The average Bonchev–Trinajstić information content (AvgIpc) is 2.94. The maximum absolute atomic E-state index is 13.1. The third-order valence-corrected chi connectivity index (χ3v) is 4.54. The first-order valence-corrected chi connectivity index (χ1v) is 8.62. The highest BCUT2D eigenvalue weighted by atomic mass is 19.1. The molecule has 1 amide bonds. The lowest BCUT2D eigenvalue weighted by molar-refractivity contribution is 0.0519. The number of amides is 1. The number of hydrogen-bond donors (Lipinski definition) is 1. The van der Waals surface area contributed by atoms with E-state index in [0.717, 1.165) is 0 Å². The first kappa shape index (κ1) is 20.4. The van der Waals surface area contributed by atoms with Crippen molar-refractivity contribution in [2.24, 2.45) is 0 Å². The quantitative estimate of drug-likeness (QED) is 0.622. The summed E-state index contributed by atoms with van der Waals surface area (Å²) < 4.78 is 18.0. The number of esters is 1. The summed E-state index contributed by atoms with van der Waals surface area (Å²) in [6, 6.07) is 4.36. The fourth-order valence-electron chi connectivity index (χ4n) is 2.88. The van der Waals surface area contributed by atoms with Crippen LogP contribution in [0.5, 0.6) is 0 Å². The van der Waals surface area contributed by atoms with Gasteiger partial charge in [0.1, 0.15) is 11.5 Å². The zero-order valence-electron chi connectivity index (χ0n) is 16.1. The van der Waals surface area contributed by atoms with Crippen molar-refractivity contribution in [2.75, 3.05) is 13.7 Å². The molecule has 1 atom stereocenters. The van der Waals surface area contributed by atoms with Crippen molar-refractivity contribution in [3.8, 4) is 0 Å². The molecule has 0 aliphatic heterocycles. The lowest BCUT2D eigenvalue weighted by Gasteiger charge is -2.24. The maximum atomic E-state index is 13.1. The highest BCUT2D eigenvalue weighted by molar-refractivity contribution is 6.07. The average molecular weight is 374 g/mol. The Labute approximate surface area is 157 Å². The fourth-order valence-corrected chi connectivity index (χ4v) is 2.88. The van der Waals surface area contributed by atoms with E-state index in [1.165, 1.54) is 36.2 Å². The van der Waals surface area contributed by atoms with Crippen LogP contribution in [-0.2, 0) is 4.74 Å². The zero-order valence-corrected chi connectivity index (χ0v) is 16.1. The van der Waals surface area contributed by atoms with Crippen LogP contribution >= 0.6 is 0 Å². The summed E-state index contributed by atoms with van der Waals surface area (Å²) in [5.41, 5.74) is 1.91. The Balaban J connectivity index is 2.27. The number of halogens is 1. The summed E-state index contributed by atoms with van der Waals surface area (Å²) in [4.78, 5) is 41.8. The van der Waals surface area contributed by atoms with Gasteiger partial charge in [-0.2, -0.15) is 0 Å². The van der Waals surface area contributed by atoms with Crippen LogP contribution in [0.25, 0.3) is 0 Å². The SMILES string of the molecule is CCOC(=O)c1[nH]c(C)c(C(=O)[C@H](C)N(C)C(=O)c2ccc(F)cc2)c1C. The van der Waals surface area contributed by atoms with E-state index in [2.05, 4.69) is 4.98 Å². The van der Waals surface area contributed by atoms with Gasteiger partial charge in [0, 0.05) is 23.9 Å². The predicted octanol–water partition coefficient (Wildman–Crippen LogP) is 3.29. The number of rotatable bonds is 6.